The Bertz CT molecular complexity index is 1190. The number of benzene rings is 2. The largest absolute Gasteiger partial charge is 0.497 e. The van der Waals surface area contributed by atoms with Gasteiger partial charge in [0.2, 0.25) is 5.91 Å². The summed E-state index contributed by atoms with van der Waals surface area (Å²) in [6.45, 7) is 0.599. The molecule has 0 aliphatic heterocycles. The summed E-state index contributed by atoms with van der Waals surface area (Å²) in [7, 11) is 4.88. The summed E-state index contributed by atoms with van der Waals surface area (Å²) in [6.07, 6.45) is 3.05. The summed E-state index contributed by atoms with van der Waals surface area (Å²) < 4.78 is 27.9. The third-order valence-electron chi connectivity index (χ3n) is 6.44. The summed E-state index contributed by atoms with van der Waals surface area (Å²) in [5, 5.41) is 2.70. The summed E-state index contributed by atoms with van der Waals surface area (Å²) in [6, 6.07) is 9.91. The Morgan fingerprint density at radius 2 is 1.69 bits per heavy atom. The predicted octanol–water partition coefficient (Wildman–Crippen LogP) is 3.94. The van der Waals surface area contributed by atoms with Crippen LogP contribution in [-0.2, 0) is 18.4 Å². The molecule has 1 saturated carbocycles. The second kappa shape index (κ2) is 9.06. The number of hydrogen-bond acceptors (Lipinski definition) is 4. The SMILES string of the molecule is COc1ccc(F)c(NC(=O)C2CCC(Cn3c(=O)n(C)c4ccc(OC)cc43)CC2)c1. The molecule has 7 nitrogen and oxygen atoms in total. The monoisotopic (exact) mass is 441 g/mol. The quantitative estimate of drug-likeness (QED) is 0.629. The van der Waals surface area contributed by atoms with Gasteiger partial charge in [-0.15, -0.1) is 0 Å². The lowest BCUT2D eigenvalue weighted by molar-refractivity contribution is -0.121. The molecule has 1 aliphatic rings. The number of fused-ring (bicyclic) bond motifs is 1. The average Bonchev–Trinajstić information content (AvgIpc) is 3.05. The number of methoxy groups -OCH3 is 2. The smallest absolute Gasteiger partial charge is 0.328 e. The van der Waals surface area contributed by atoms with Crippen LogP contribution < -0.4 is 20.5 Å². The highest BCUT2D eigenvalue weighted by atomic mass is 19.1. The third kappa shape index (κ3) is 4.22. The van der Waals surface area contributed by atoms with E-state index in [1.807, 2.05) is 18.2 Å². The van der Waals surface area contributed by atoms with Gasteiger partial charge in [0.1, 0.15) is 17.3 Å². The van der Waals surface area contributed by atoms with Crippen molar-refractivity contribution in [2.75, 3.05) is 19.5 Å². The van der Waals surface area contributed by atoms with Crippen LogP contribution in [0.3, 0.4) is 0 Å². The Morgan fingerprint density at radius 1 is 1.03 bits per heavy atom. The molecule has 1 amide bonds. The Morgan fingerprint density at radius 3 is 2.38 bits per heavy atom. The van der Waals surface area contributed by atoms with Crippen molar-refractivity contribution < 1.29 is 18.7 Å². The van der Waals surface area contributed by atoms with Gasteiger partial charge < -0.3 is 14.8 Å². The van der Waals surface area contributed by atoms with Crippen molar-refractivity contribution >= 4 is 22.6 Å². The van der Waals surface area contributed by atoms with Crippen LogP contribution in [0.1, 0.15) is 25.7 Å². The lowest BCUT2D eigenvalue weighted by Gasteiger charge is -2.28. The zero-order valence-electron chi connectivity index (χ0n) is 18.6. The van der Waals surface area contributed by atoms with Gasteiger partial charge in [-0.25, -0.2) is 9.18 Å². The zero-order valence-corrected chi connectivity index (χ0v) is 18.6. The number of aromatic nitrogens is 2. The van der Waals surface area contributed by atoms with Crippen molar-refractivity contribution in [2.24, 2.45) is 18.9 Å². The summed E-state index contributed by atoms with van der Waals surface area (Å²) in [4.78, 5) is 25.5. The minimum Gasteiger partial charge on any atom is -0.497 e. The highest BCUT2D eigenvalue weighted by Gasteiger charge is 2.28. The number of nitrogens with one attached hydrogen (secondary N) is 1. The number of rotatable bonds is 6. The Labute approximate surface area is 185 Å². The van der Waals surface area contributed by atoms with Crippen LogP contribution in [0.2, 0.25) is 0 Å². The molecule has 0 spiro atoms. The Hall–Kier alpha value is -3.29. The number of hydrogen-bond donors (Lipinski definition) is 1. The molecule has 1 fully saturated rings. The van der Waals surface area contributed by atoms with E-state index in [4.69, 9.17) is 9.47 Å². The first kappa shape index (κ1) is 21.9. The molecule has 1 aromatic heterocycles. The van der Waals surface area contributed by atoms with E-state index >= 15 is 0 Å². The lowest BCUT2D eigenvalue weighted by Crippen LogP contribution is -2.31. The molecule has 0 atom stereocenters. The number of nitrogens with zero attached hydrogens (tertiary/aromatic N) is 2. The van der Waals surface area contributed by atoms with E-state index in [0.29, 0.717) is 36.8 Å². The zero-order chi connectivity index (χ0) is 22.8. The molecular formula is C24H28FN3O4. The first-order valence-electron chi connectivity index (χ1n) is 10.8. The van der Waals surface area contributed by atoms with E-state index in [2.05, 4.69) is 5.32 Å². The highest BCUT2D eigenvalue weighted by Crippen LogP contribution is 2.32. The number of carbonyl (C=O) groups excluding carboxylic acids is 1. The number of carbonyl (C=O) groups is 1. The van der Waals surface area contributed by atoms with E-state index in [0.717, 1.165) is 23.9 Å². The standard InChI is InChI=1S/C24H28FN3O4/c1-27-21-11-9-18(32-3)13-22(21)28(24(27)30)14-15-4-6-16(7-5-15)23(29)26-20-12-17(31-2)8-10-19(20)25/h8-13,15-16H,4-7,14H2,1-3H3,(H,26,29). The molecule has 4 rings (SSSR count). The number of aryl methyl sites for hydroxylation is 1. The Kier molecular flexibility index (Phi) is 6.21. The fraction of sp³-hybridized carbons (Fsp3) is 0.417. The topological polar surface area (TPSA) is 74.5 Å². The van der Waals surface area contributed by atoms with Crippen molar-refractivity contribution in [1.29, 1.82) is 0 Å². The molecule has 0 radical (unpaired) electrons. The molecule has 32 heavy (non-hydrogen) atoms. The van der Waals surface area contributed by atoms with Gasteiger partial charge in [0.05, 0.1) is 30.9 Å². The van der Waals surface area contributed by atoms with Crippen LogP contribution in [-0.4, -0.2) is 29.3 Å². The summed E-state index contributed by atoms with van der Waals surface area (Å²) in [5.41, 5.74) is 1.80. The van der Waals surface area contributed by atoms with E-state index in [-0.39, 0.29) is 23.2 Å². The van der Waals surface area contributed by atoms with E-state index in [1.165, 1.54) is 25.3 Å². The number of anilines is 1. The molecule has 0 unspecified atom stereocenters. The maximum atomic E-state index is 14.0. The molecule has 0 saturated heterocycles. The van der Waals surface area contributed by atoms with Crippen molar-refractivity contribution in [2.45, 2.75) is 32.2 Å². The van der Waals surface area contributed by atoms with Crippen LogP contribution in [0.4, 0.5) is 10.1 Å². The highest BCUT2D eigenvalue weighted by molar-refractivity contribution is 5.92. The van der Waals surface area contributed by atoms with E-state index in [9.17, 15) is 14.0 Å². The van der Waals surface area contributed by atoms with Crippen LogP contribution in [0.25, 0.3) is 11.0 Å². The van der Waals surface area contributed by atoms with Crippen molar-refractivity contribution in [3.8, 4) is 11.5 Å². The van der Waals surface area contributed by atoms with E-state index < -0.39 is 5.82 Å². The van der Waals surface area contributed by atoms with Crippen molar-refractivity contribution in [1.82, 2.24) is 9.13 Å². The number of imidazole rings is 1. The van der Waals surface area contributed by atoms with Crippen molar-refractivity contribution in [3.63, 3.8) is 0 Å². The summed E-state index contributed by atoms with van der Waals surface area (Å²) in [5.74, 6) is 0.647. The first-order valence-corrected chi connectivity index (χ1v) is 10.8. The van der Waals surface area contributed by atoms with Crippen LogP contribution in [0.15, 0.2) is 41.2 Å². The molecule has 1 aliphatic carbocycles. The molecule has 3 aromatic rings. The maximum Gasteiger partial charge on any atom is 0.328 e. The van der Waals surface area contributed by atoms with Gasteiger partial charge in [0.15, 0.2) is 0 Å². The van der Waals surface area contributed by atoms with Gasteiger partial charge in [-0.05, 0) is 55.9 Å². The van der Waals surface area contributed by atoms with Crippen molar-refractivity contribution in [3.05, 3.63) is 52.7 Å². The lowest BCUT2D eigenvalue weighted by atomic mass is 9.81. The second-order valence-electron chi connectivity index (χ2n) is 8.36. The van der Waals surface area contributed by atoms with Gasteiger partial charge in [-0.3, -0.25) is 13.9 Å². The molecule has 1 heterocycles. The van der Waals surface area contributed by atoms with Gasteiger partial charge in [-0.1, -0.05) is 0 Å². The fourth-order valence-electron chi connectivity index (χ4n) is 4.52. The van der Waals surface area contributed by atoms with Crippen LogP contribution >= 0.6 is 0 Å². The minimum atomic E-state index is -0.487. The molecule has 170 valence electrons. The normalized spacial score (nSPS) is 18.5. The maximum absolute atomic E-state index is 14.0. The molecular weight excluding hydrogens is 413 g/mol. The van der Waals surface area contributed by atoms with Gasteiger partial charge in [0.25, 0.3) is 0 Å². The summed E-state index contributed by atoms with van der Waals surface area (Å²) >= 11 is 0. The molecule has 1 N–H and O–H groups in total. The number of ether oxygens (including phenoxy) is 2. The Balaban J connectivity index is 1.42. The molecule has 2 aromatic carbocycles. The van der Waals surface area contributed by atoms with Gasteiger partial charge in [-0.2, -0.15) is 0 Å². The van der Waals surface area contributed by atoms with Crippen LogP contribution in [0, 0.1) is 17.7 Å². The number of halogens is 1. The minimum absolute atomic E-state index is 0.0541. The average molecular weight is 442 g/mol. The van der Waals surface area contributed by atoms with E-state index in [1.54, 1.807) is 23.3 Å². The fourth-order valence-corrected chi connectivity index (χ4v) is 4.52. The van der Waals surface area contributed by atoms with Gasteiger partial charge in [0, 0.05) is 31.6 Å². The molecule has 8 heteroatoms. The predicted molar refractivity (Wildman–Crippen MR) is 121 cm³/mol. The third-order valence-corrected chi connectivity index (χ3v) is 6.44. The van der Waals surface area contributed by atoms with Gasteiger partial charge >= 0.3 is 5.69 Å². The first-order chi connectivity index (χ1) is 15.4. The van der Waals surface area contributed by atoms with Crippen LogP contribution in [0.5, 0.6) is 11.5 Å². The second-order valence-corrected chi connectivity index (χ2v) is 8.36. The number of amides is 1. The molecule has 0 bridgehead atoms.